The van der Waals surface area contributed by atoms with Crippen molar-refractivity contribution < 1.29 is 4.74 Å². The normalized spacial score (nSPS) is 10.6. The van der Waals surface area contributed by atoms with Crippen LogP contribution in [0, 0.1) is 24.7 Å². The van der Waals surface area contributed by atoms with E-state index in [1.165, 1.54) is 16.7 Å². The monoisotopic (exact) mass is 265 g/mol. The number of aromatic amines is 1. The lowest BCUT2D eigenvalue weighted by Gasteiger charge is -2.14. The molecular weight excluding hydrogens is 250 g/mol. The first-order chi connectivity index (χ1) is 8.04. The van der Waals surface area contributed by atoms with Crippen molar-refractivity contribution in [3.05, 3.63) is 32.1 Å². The summed E-state index contributed by atoms with van der Waals surface area (Å²) in [5.41, 5.74) is 5.86. The van der Waals surface area contributed by atoms with Gasteiger partial charge in [0.25, 0.3) is 0 Å². The van der Waals surface area contributed by atoms with Gasteiger partial charge < -0.3 is 9.72 Å². The van der Waals surface area contributed by atoms with Gasteiger partial charge in [0.2, 0.25) is 0 Å². The molecule has 0 atom stereocenters. The molecule has 0 unspecified atom stereocenters. The molecule has 4 heteroatoms. The molecule has 0 radical (unpaired) electrons. The fraction of sp³-hybridized carbons (Fsp3) is 0.308. The summed E-state index contributed by atoms with van der Waals surface area (Å²) in [6.07, 6.45) is 0. The van der Waals surface area contributed by atoms with Gasteiger partial charge in [0.05, 0.1) is 12.8 Å². The second-order valence-electron chi connectivity index (χ2n) is 4.09. The van der Waals surface area contributed by atoms with Gasteiger partial charge >= 0.3 is 0 Å². The van der Waals surface area contributed by atoms with Gasteiger partial charge in [0, 0.05) is 10.9 Å². The lowest BCUT2D eigenvalue weighted by Crippen LogP contribution is -1.96. The number of aryl methyl sites for hydroxylation is 1. The van der Waals surface area contributed by atoms with Crippen LogP contribution in [0.3, 0.4) is 0 Å². The van der Waals surface area contributed by atoms with Gasteiger partial charge in [-0.3, -0.25) is 0 Å². The Hall–Kier alpha value is -1.13. The summed E-state index contributed by atoms with van der Waals surface area (Å²) in [5.74, 6) is 0.972. The standard InChI is InChI=1S/C13H15NOS2/c1-7-5-10(11-6-17-13(16)14-11)8(2)9(3)12(7)15-4/h5-6H,1-4H3,(H,14,16). The SMILES string of the molecule is COc1c(C)cc(-c2csc(=S)[nH]2)c(C)c1C. The quantitative estimate of drug-likeness (QED) is 0.814. The van der Waals surface area contributed by atoms with E-state index in [9.17, 15) is 0 Å². The maximum Gasteiger partial charge on any atom is 0.158 e. The van der Waals surface area contributed by atoms with Crippen molar-refractivity contribution in [2.24, 2.45) is 0 Å². The third-order valence-electron chi connectivity index (χ3n) is 3.04. The van der Waals surface area contributed by atoms with Crippen LogP contribution in [0.5, 0.6) is 5.75 Å². The van der Waals surface area contributed by atoms with Gasteiger partial charge in [-0.15, -0.1) is 11.3 Å². The molecule has 1 aromatic heterocycles. The molecule has 0 spiro atoms. The van der Waals surface area contributed by atoms with Gasteiger partial charge in [-0.1, -0.05) is 0 Å². The zero-order chi connectivity index (χ0) is 12.6. The van der Waals surface area contributed by atoms with Gasteiger partial charge in [-0.25, -0.2) is 0 Å². The molecule has 0 aliphatic rings. The summed E-state index contributed by atoms with van der Waals surface area (Å²) in [6, 6.07) is 2.15. The van der Waals surface area contributed by atoms with Gasteiger partial charge in [0.1, 0.15) is 5.75 Å². The van der Waals surface area contributed by atoms with E-state index in [1.807, 2.05) is 0 Å². The molecule has 0 aliphatic carbocycles. The van der Waals surface area contributed by atoms with Gasteiger partial charge in [0.15, 0.2) is 3.95 Å². The minimum atomic E-state index is 0.811. The molecule has 0 saturated carbocycles. The summed E-state index contributed by atoms with van der Waals surface area (Å²) in [5, 5.41) is 2.07. The number of nitrogens with one attached hydrogen (secondary N) is 1. The third kappa shape index (κ3) is 2.15. The zero-order valence-corrected chi connectivity index (χ0v) is 12.0. The van der Waals surface area contributed by atoms with E-state index >= 15 is 0 Å². The first kappa shape index (κ1) is 12.3. The van der Waals surface area contributed by atoms with Crippen molar-refractivity contribution in [2.75, 3.05) is 7.11 Å². The topological polar surface area (TPSA) is 25.0 Å². The predicted octanol–water partition coefficient (Wildman–Crippen LogP) is 4.41. The number of thiazole rings is 1. The van der Waals surface area contributed by atoms with E-state index in [1.54, 1.807) is 18.4 Å². The van der Waals surface area contributed by atoms with E-state index in [-0.39, 0.29) is 0 Å². The summed E-state index contributed by atoms with van der Waals surface area (Å²) in [7, 11) is 1.71. The number of benzene rings is 1. The number of methoxy groups -OCH3 is 1. The molecule has 0 saturated heterocycles. The summed E-state index contributed by atoms with van der Waals surface area (Å²) < 4.78 is 6.24. The Morgan fingerprint density at radius 1 is 1.24 bits per heavy atom. The molecule has 90 valence electrons. The Bertz CT molecular complexity index is 610. The molecule has 2 rings (SSSR count). The first-order valence-corrected chi connectivity index (χ1v) is 6.66. The number of rotatable bonds is 2. The van der Waals surface area contributed by atoms with E-state index < -0.39 is 0 Å². The third-order valence-corrected chi connectivity index (χ3v) is 4.10. The van der Waals surface area contributed by atoms with Crippen molar-refractivity contribution in [3.63, 3.8) is 0 Å². The van der Waals surface area contributed by atoms with Crippen molar-refractivity contribution in [1.29, 1.82) is 0 Å². The molecule has 0 amide bonds. The Morgan fingerprint density at radius 2 is 1.94 bits per heavy atom. The van der Waals surface area contributed by atoms with Crippen LogP contribution in [0.2, 0.25) is 0 Å². The van der Waals surface area contributed by atoms with Gasteiger partial charge in [-0.05, 0) is 55.7 Å². The van der Waals surface area contributed by atoms with E-state index in [2.05, 4.69) is 37.2 Å². The molecule has 1 N–H and O–H groups in total. The van der Waals surface area contributed by atoms with E-state index in [0.29, 0.717) is 0 Å². The molecule has 17 heavy (non-hydrogen) atoms. The fourth-order valence-corrected chi connectivity index (χ4v) is 2.90. The maximum absolute atomic E-state index is 5.42. The van der Waals surface area contributed by atoms with Crippen LogP contribution in [0.4, 0.5) is 0 Å². The molecule has 1 aromatic carbocycles. The predicted molar refractivity (Wildman–Crippen MR) is 75.7 cm³/mol. The average Bonchev–Trinajstić information content (AvgIpc) is 2.71. The second kappa shape index (κ2) is 4.63. The largest absolute Gasteiger partial charge is 0.496 e. The van der Waals surface area contributed by atoms with Crippen molar-refractivity contribution in [3.8, 4) is 17.0 Å². The van der Waals surface area contributed by atoms with Crippen LogP contribution in [-0.2, 0) is 0 Å². The molecule has 1 heterocycles. The lowest BCUT2D eigenvalue weighted by atomic mass is 9.97. The highest BCUT2D eigenvalue weighted by Gasteiger charge is 2.12. The average molecular weight is 265 g/mol. The van der Waals surface area contributed by atoms with Crippen LogP contribution in [-0.4, -0.2) is 12.1 Å². The highest BCUT2D eigenvalue weighted by atomic mass is 32.1. The minimum absolute atomic E-state index is 0.811. The van der Waals surface area contributed by atoms with E-state index in [4.69, 9.17) is 17.0 Å². The van der Waals surface area contributed by atoms with E-state index in [0.717, 1.165) is 21.0 Å². The maximum atomic E-state index is 5.42. The summed E-state index contributed by atoms with van der Waals surface area (Å²) >= 11 is 6.69. The second-order valence-corrected chi connectivity index (χ2v) is 5.63. The fourth-order valence-electron chi connectivity index (χ4n) is 2.06. The Labute approximate surface area is 110 Å². The number of ether oxygens (including phenoxy) is 1. The number of H-pyrrole nitrogens is 1. The van der Waals surface area contributed by atoms with Gasteiger partial charge in [-0.2, -0.15) is 0 Å². The first-order valence-electron chi connectivity index (χ1n) is 5.37. The smallest absolute Gasteiger partial charge is 0.158 e. The Kier molecular flexibility index (Phi) is 3.35. The minimum Gasteiger partial charge on any atom is -0.496 e. The molecule has 2 aromatic rings. The Morgan fingerprint density at radius 3 is 2.47 bits per heavy atom. The number of aromatic nitrogens is 1. The summed E-state index contributed by atoms with van der Waals surface area (Å²) in [4.78, 5) is 3.22. The highest BCUT2D eigenvalue weighted by molar-refractivity contribution is 7.73. The Balaban J connectivity index is 2.68. The van der Waals surface area contributed by atoms with Crippen LogP contribution < -0.4 is 4.74 Å². The van der Waals surface area contributed by atoms with Crippen molar-refractivity contribution in [2.45, 2.75) is 20.8 Å². The molecule has 0 aliphatic heterocycles. The van der Waals surface area contributed by atoms with Crippen LogP contribution in [0.15, 0.2) is 11.4 Å². The molecule has 2 nitrogen and oxygen atoms in total. The molecule has 0 bridgehead atoms. The van der Waals surface area contributed by atoms with Crippen molar-refractivity contribution in [1.82, 2.24) is 4.98 Å². The van der Waals surface area contributed by atoms with Crippen molar-refractivity contribution >= 4 is 23.6 Å². The highest BCUT2D eigenvalue weighted by Crippen LogP contribution is 2.34. The van der Waals surface area contributed by atoms with Crippen LogP contribution in [0.25, 0.3) is 11.3 Å². The number of hydrogen-bond acceptors (Lipinski definition) is 3. The summed E-state index contributed by atoms with van der Waals surface area (Å²) in [6.45, 7) is 6.27. The molecular formula is C13H15NOS2. The van der Waals surface area contributed by atoms with Crippen LogP contribution in [0.1, 0.15) is 16.7 Å². The lowest BCUT2D eigenvalue weighted by molar-refractivity contribution is 0.408. The number of hydrogen-bond donors (Lipinski definition) is 1. The van der Waals surface area contributed by atoms with Crippen LogP contribution >= 0.6 is 23.6 Å². The zero-order valence-electron chi connectivity index (χ0n) is 10.4. The molecule has 0 fully saturated rings.